The fourth-order valence-electron chi connectivity index (χ4n) is 2.72. The number of benzene rings is 1. The number of rotatable bonds is 4. The molecule has 104 valence electrons. The van der Waals surface area contributed by atoms with Crippen LogP contribution in [0.2, 0.25) is 0 Å². The molecule has 1 aliphatic rings. The van der Waals surface area contributed by atoms with Gasteiger partial charge in [0.25, 0.3) is 0 Å². The minimum absolute atomic E-state index is 0.129. The lowest BCUT2D eigenvalue weighted by molar-refractivity contribution is -0.143. The largest absolute Gasteiger partial charge is 0.469 e. The third kappa shape index (κ3) is 4.06. The van der Waals surface area contributed by atoms with Crippen LogP contribution in [0, 0.1) is 0 Å². The van der Waals surface area contributed by atoms with Gasteiger partial charge >= 0.3 is 5.97 Å². The maximum absolute atomic E-state index is 12.0. The standard InChI is InChI=1S/C16H23NO2/c1-19-16(18)15(14-9-5-4-6-10-14)13-17-11-7-2-3-8-12-17/h4-6,9-10,15H,2-3,7-8,11-13H2,1H3. The molecule has 0 spiro atoms. The first kappa shape index (κ1) is 14.1. The SMILES string of the molecule is COC(=O)C(CN1CCCCCC1)c1ccccc1. The molecular weight excluding hydrogens is 238 g/mol. The summed E-state index contributed by atoms with van der Waals surface area (Å²) in [5.74, 6) is -0.292. The Morgan fingerprint density at radius 2 is 1.79 bits per heavy atom. The van der Waals surface area contributed by atoms with E-state index in [1.165, 1.54) is 32.8 Å². The first-order chi connectivity index (χ1) is 9.31. The minimum atomic E-state index is -0.163. The highest BCUT2D eigenvalue weighted by Crippen LogP contribution is 2.20. The van der Waals surface area contributed by atoms with Gasteiger partial charge in [-0.2, -0.15) is 0 Å². The summed E-state index contributed by atoms with van der Waals surface area (Å²) in [6.45, 7) is 2.97. The third-order valence-corrected chi connectivity index (χ3v) is 3.83. The molecule has 1 fully saturated rings. The van der Waals surface area contributed by atoms with Gasteiger partial charge in [-0.25, -0.2) is 0 Å². The quantitative estimate of drug-likeness (QED) is 0.781. The van der Waals surface area contributed by atoms with Gasteiger partial charge in [0.1, 0.15) is 0 Å². The van der Waals surface area contributed by atoms with Crippen molar-refractivity contribution >= 4 is 5.97 Å². The molecule has 1 aliphatic heterocycles. The maximum atomic E-state index is 12.0. The van der Waals surface area contributed by atoms with E-state index in [1.807, 2.05) is 30.3 Å². The van der Waals surface area contributed by atoms with Crippen LogP contribution in [0.25, 0.3) is 0 Å². The summed E-state index contributed by atoms with van der Waals surface area (Å²) < 4.78 is 4.97. The molecule has 0 aliphatic carbocycles. The van der Waals surface area contributed by atoms with Gasteiger partial charge in [0.05, 0.1) is 13.0 Å². The van der Waals surface area contributed by atoms with Crippen molar-refractivity contribution < 1.29 is 9.53 Å². The third-order valence-electron chi connectivity index (χ3n) is 3.83. The number of ether oxygens (including phenoxy) is 1. The molecule has 3 heteroatoms. The van der Waals surface area contributed by atoms with Crippen LogP contribution in [0.15, 0.2) is 30.3 Å². The zero-order valence-electron chi connectivity index (χ0n) is 11.7. The number of hydrogen-bond donors (Lipinski definition) is 0. The van der Waals surface area contributed by atoms with Crippen molar-refractivity contribution in [2.45, 2.75) is 31.6 Å². The average molecular weight is 261 g/mol. The molecule has 1 aromatic carbocycles. The van der Waals surface area contributed by atoms with Crippen molar-refractivity contribution in [2.75, 3.05) is 26.7 Å². The molecule has 0 radical (unpaired) electrons. The van der Waals surface area contributed by atoms with Gasteiger partial charge < -0.3 is 9.64 Å². The van der Waals surface area contributed by atoms with Gasteiger partial charge in [0.2, 0.25) is 0 Å². The van der Waals surface area contributed by atoms with Gasteiger partial charge in [0, 0.05) is 6.54 Å². The highest BCUT2D eigenvalue weighted by Gasteiger charge is 2.24. The predicted octanol–water partition coefficient (Wildman–Crippen LogP) is 2.82. The molecule has 1 heterocycles. The molecule has 3 nitrogen and oxygen atoms in total. The van der Waals surface area contributed by atoms with Gasteiger partial charge in [-0.15, -0.1) is 0 Å². The smallest absolute Gasteiger partial charge is 0.314 e. The molecule has 0 saturated carbocycles. The lowest BCUT2D eigenvalue weighted by Gasteiger charge is -2.25. The van der Waals surface area contributed by atoms with Crippen LogP contribution in [0.1, 0.15) is 37.2 Å². The van der Waals surface area contributed by atoms with E-state index in [4.69, 9.17) is 4.74 Å². The molecule has 1 atom stereocenters. The maximum Gasteiger partial charge on any atom is 0.314 e. The minimum Gasteiger partial charge on any atom is -0.469 e. The van der Waals surface area contributed by atoms with E-state index in [2.05, 4.69) is 4.90 Å². The molecular formula is C16H23NO2. The summed E-state index contributed by atoms with van der Waals surface area (Å²) in [6, 6.07) is 9.96. The first-order valence-electron chi connectivity index (χ1n) is 7.16. The monoisotopic (exact) mass is 261 g/mol. The van der Waals surface area contributed by atoms with Gasteiger partial charge in [-0.1, -0.05) is 43.2 Å². The Balaban J connectivity index is 2.07. The molecule has 2 rings (SSSR count). The van der Waals surface area contributed by atoms with Crippen LogP contribution in [0.5, 0.6) is 0 Å². The van der Waals surface area contributed by atoms with Crippen LogP contribution < -0.4 is 0 Å². The van der Waals surface area contributed by atoms with E-state index in [1.54, 1.807) is 0 Å². The van der Waals surface area contributed by atoms with Crippen molar-refractivity contribution in [2.24, 2.45) is 0 Å². The number of nitrogens with zero attached hydrogens (tertiary/aromatic N) is 1. The number of esters is 1. The van der Waals surface area contributed by atoms with Gasteiger partial charge in [0.15, 0.2) is 0 Å². The normalized spacial score (nSPS) is 18.6. The highest BCUT2D eigenvalue weighted by molar-refractivity contribution is 5.78. The fraction of sp³-hybridized carbons (Fsp3) is 0.562. The second kappa shape index (κ2) is 7.29. The average Bonchev–Trinajstić information content (AvgIpc) is 2.73. The summed E-state index contributed by atoms with van der Waals surface area (Å²) in [5, 5.41) is 0. The zero-order valence-corrected chi connectivity index (χ0v) is 11.7. The Morgan fingerprint density at radius 3 is 2.37 bits per heavy atom. The van der Waals surface area contributed by atoms with Gasteiger partial charge in [-0.3, -0.25) is 4.79 Å². The summed E-state index contributed by atoms with van der Waals surface area (Å²) in [6.07, 6.45) is 5.10. The summed E-state index contributed by atoms with van der Waals surface area (Å²) in [7, 11) is 1.47. The summed E-state index contributed by atoms with van der Waals surface area (Å²) in [5.41, 5.74) is 1.05. The number of methoxy groups -OCH3 is 1. The van der Waals surface area contributed by atoms with Crippen LogP contribution in [0.4, 0.5) is 0 Å². The Labute approximate surface area is 115 Å². The molecule has 0 amide bonds. The molecule has 1 unspecified atom stereocenters. The van der Waals surface area contributed by atoms with Crippen molar-refractivity contribution in [3.05, 3.63) is 35.9 Å². The Bertz CT molecular complexity index is 383. The molecule has 19 heavy (non-hydrogen) atoms. The first-order valence-corrected chi connectivity index (χ1v) is 7.16. The second-order valence-corrected chi connectivity index (χ2v) is 5.20. The van der Waals surface area contributed by atoms with E-state index in [0.717, 1.165) is 25.2 Å². The number of hydrogen-bond acceptors (Lipinski definition) is 3. The number of carbonyl (C=O) groups excluding carboxylic acids is 1. The van der Waals surface area contributed by atoms with Gasteiger partial charge in [-0.05, 0) is 31.5 Å². The fourth-order valence-corrected chi connectivity index (χ4v) is 2.72. The lowest BCUT2D eigenvalue weighted by atomic mass is 9.98. The van der Waals surface area contributed by atoms with E-state index in [-0.39, 0.29) is 11.9 Å². The highest BCUT2D eigenvalue weighted by atomic mass is 16.5. The molecule has 0 N–H and O–H groups in total. The van der Waals surface area contributed by atoms with Crippen molar-refractivity contribution in [1.82, 2.24) is 4.90 Å². The molecule has 1 saturated heterocycles. The topological polar surface area (TPSA) is 29.5 Å². The van der Waals surface area contributed by atoms with Crippen molar-refractivity contribution in [1.29, 1.82) is 0 Å². The molecule has 0 aromatic heterocycles. The molecule has 1 aromatic rings. The van der Waals surface area contributed by atoms with E-state index < -0.39 is 0 Å². The summed E-state index contributed by atoms with van der Waals surface area (Å²) in [4.78, 5) is 14.4. The Morgan fingerprint density at radius 1 is 1.16 bits per heavy atom. The second-order valence-electron chi connectivity index (χ2n) is 5.20. The van der Waals surface area contributed by atoms with E-state index >= 15 is 0 Å². The van der Waals surface area contributed by atoms with Crippen LogP contribution in [-0.2, 0) is 9.53 Å². The van der Waals surface area contributed by atoms with Crippen LogP contribution in [0.3, 0.4) is 0 Å². The molecule has 0 bridgehead atoms. The van der Waals surface area contributed by atoms with E-state index in [0.29, 0.717) is 0 Å². The van der Waals surface area contributed by atoms with Crippen molar-refractivity contribution in [3.8, 4) is 0 Å². The zero-order chi connectivity index (χ0) is 13.5. The van der Waals surface area contributed by atoms with Crippen LogP contribution in [-0.4, -0.2) is 37.6 Å². The van der Waals surface area contributed by atoms with Crippen LogP contribution >= 0.6 is 0 Å². The lowest BCUT2D eigenvalue weighted by Crippen LogP contribution is -2.33. The predicted molar refractivity (Wildman–Crippen MR) is 76.1 cm³/mol. The number of carbonyl (C=O) groups is 1. The van der Waals surface area contributed by atoms with Crippen molar-refractivity contribution in [3.63, 3.8) is 0 Å². The Hall–Kier alpha value is -1.35. The Kier molecular flexibility index (Phi) is 5.40. The summed E-state index contributed by atoms with van der Waals surface area (Å²) >= 11 is 0. The van der Waals surface area contributed by atoms with E-state index in [9.17, 15) is 4.79 Å². The number of likely N-dealkylation sites (tertiary alicyclic amines) is 1.